The Balaban J connectivity index is 2.22. The molecule has 84 heavy (non-hydrogen) atoms. The highest BCUT2D eigenvalue weighted by Gasteiger charge is 2.44. The van der Waals surface area contributed by atoms with Gasteiger partial charge in [-0.1, -0.05) is 302 Å². The molecule has 1 amide bonds. The van der Waals surface area contributed by atoms with E-state index in [0.717, 1.165) is 116 Å². The Morgan fingerprint density at radius 3 is 1.14 bits per heavy atom. The standard InChI is InChI=1S/C75H127NO8/c1-3-5-7-9-11-13-15-17-19-21-23-25-27-29-31-33-34-35-36-37-39-41-43-45-47-49-51-53-55-57-59-61-63-65-71(79)76-68(67-83-75-74(82)73(81)72(80)70(66-77)84-75)69(78)64-62-60-58-56-54-52-50-48-46-44-42-40-38-32-30-28-26-24-22-20-18-16-14-12-10-8-6-4-2/h5,7,11,13,17,19,23,25,29,31,34-35,37,39,43,45,49,51,54,56,62,64,68-70,72-75,77-78,80-82H,3-4,6,8-10,12,14-16,18,20-22,24,26-28,30,32-33,36,38,40-42,44,46-48,50,52-53,55,57-61,63,65-67H2,1-2H3,(H,76,79)/b7-5-,13-11-,19-17-,25-23-,31-29-,35-34-,39-37-,45-43-,51-49-,56-54+,64-62+. The van der Waals surface area contributed by atoms with Crippen LogP contribution in [0.25, 0.3) is 0 Å². The van der Waals surface area contributed by atoms with Gasteiger partial charge in [-0.15, -0.1) is 0 Å². The highest BCUT2D eigenvalue weighted by Crippen LogP contribution is 2.23. The maximum Gasteiger partial charge on any atom is 0.220 e. The van der Waals surface area contributed by atoms with Gasteiger partial charge in [0.2, 0.25) is 5.91 Å². The number of hydrogen-bond acceptors (Lipinski definition) is 8. The van der Waals surface area contributed by atoms with Crippen LogP contribution in [0.15, 0.2) is 134 Å². The fourth-order valence-corrected chi connectivity index (χ4v) is 10.1. The normalized spacial score (nSPS) is 19.1. The zero-order chi connectivity index (χ0) is 60.7. The molecular weight excluding hydrogens is 1040 g/mol. The average molecular weight is 1170 g/mol. The number of amides is 1. The van der Waals surface area contributed by atoms with E-state index in [-0.39, 0.29) is 12.5 Å². The topological polar surface area (TPSA) is 149 Å². The molecule has 0 radical (unpaired) electrons. The van der Waals surface area contributed by atoms with Crippen LogP contribution in [0.1, 0.15) is 277 Å². The first-order valence-electron chi connectivity index (χ1n) is 34.4. The molecule has 7 atom stereocenters. The van der Waals surface area contributed by atoms with Gasteiger partial charge >= 0.3 is 0 Å². The molecule has 1 aliphatic heterocycles. The molecule has 0 aromatic rings. The zero-order valence-electron chi connectivity index (χ0n) is 53.6. The summed E-state index contributed by atoms with van der Waals surface area (Å²) in [7, 11) is 0. The maximum atomic E-state index is 13.1. The first-order valence-corrected chi connectivity index (χ1v) is 34.4. The molecule has 6 N–H and O–H groups in total. The lowest BCUT2D eigenvalue weighted by Gasteiger charge is -2.40. The number of aliphatic hydroxyl groups is 5. The maximum absolute atomic E-state index is 13.1. The smallest absolute Gasteiger partial charge is 0.220 e. The summed E-state index contributed by atoms with van der Waals surface area (Å²) >= 11 is 0. The van der Waals surface area contributed by atoms with Gasteiger partial charge in [0.1, 0.15) is 24.4 Å². The molecule has 1 rings (SSSR count). The van der Waals surface area contributed by atoms with E-state index in [1.807, 2.05) is 6.08 Å². The van der Waals surface area contributed by atoms with Crippen molar-refractivity contribution in [2.24, 2.45) is 0 Å². The van der Waals surface area contributed by atoms with E-state index < -0.39 is 49.5 Å². The molecule has 0 spiro atoms. The van der Waals surface area contributed by atoms with E-state index >= 15 is 0 Å². The molecular formula is C75H127NO8. The van der Waals surface area contributed by atoms with Crippen molar-refractivity contribution in [3.8, 4) is 0 Å². The van der Waals surface area contributed by atoms with Crippen molar-refractivity contribution in [3.63, 3.8) is 0 Å². The first kappa shape index (κ1) is 78.3. The summed E-state index contributed by atoms with van der Waals surface area (Å²) in [4.78, 5) is 13.1. The summed E-state index contributed by atoms with van der Waals surface area (Å²) < 4.78 is 11.3. The van der Waals surface area contributed by atoms with Crippen molar-refractivity contribution < 1.29 is 39.8 Å². The minimum absolute atomic E-state index is 0.209. The lowest BCUT2D eigenvalue weighted by atomic mass is 9.99. The van der Waals surface area contributed by atoms with Crippen LogP contribution in [0.5, 0.6) is 0 Å². The van der Waals surface area contributed by atoms with Crippen LogP contribution >= 0.6 is 0 Å². The molecule has 1 heterocycles. The minimum atomic E-state index is -1.59. The Hall–Kier alpha value is -3.67. The number of carbonyl (C=O) groups is 1. The van der Waals surface area contributed by atoms with E-state index in [0.29, 0.717) is 6.42 Å². The van der Waals surface area contributed by atoms with Gasteiger partial charge in [-0.3, -0.25) is 4.79 Å². The fraction of sp³-hybridized carbons (Fsp3) is 0.693. The van der Waals surface area contributed by atoms with Crippen molar-refractivity contribution in [1.29, 1.82) is 0 Å². The van der Waals surface area contributed by atoms with Gasteiger partial charge < -0.3 is 40.3 Å². The molecule has 1 aliphatic rings. The van der Waals surface area contributed by atoms with Crippen molar-refractivity contribution in [2.75, 3.05) is 13.2 Å². The summed E-state index contributed by atoms with van der Waals surface area (Å²) in [6, 6.07) is -0.845. The molecule has 0 bridgehead atoms. The van der Waals surface area contributed by atoms with Crippen molar-refractivity contribution in [3.05, 3.63) is 134 Å². The van der Waals surface area contributed by atoms with Gasteiger partial charge in [-0.05, 0) is 103 Å². The SMILES string of the molecule is CC/C=C\C/C=C\C/C=C\C/C=C\C/C=C\C/C=C\C/C=C\C/C=C\C/C=C\CCCCCCCC(=O)NC(COC1OC(CO)C(O)C(O)C1O)C(O)/C=C/CC/C=C/CCCCCCCCCCCCCCCCCCCCCCCC. The second kappa shape index (κ2) is 62.4. The largest absolute Gasteiger partial charge is 0.394 e. The molecule has 0 aromatic carbocycles. The summed E-state index contributed by atoms with van der Waals surface area (Å²) in [6.45, 7) is 3.65. The van der Waals surface area contributed by atoms with Gasteiger partial charge in [0.15, 0.2) is 6.29 Å². The number of allylic oxidation sites excluding steroid dienone is 21. The van der Waals surface area contributed by atoms with Crippen LogP contribution in [-0.4, -0.2) is 87.5 Å². The van der Waals surface area contributed by atoms with E-state index in [2.05, 4.69) is 141 Å². The number of hydrogen-bond donors (Lipinski definition) is 6. The predicted octanol–water partition coefficient (Wildman–Crippen LogP) is 18.8. The summed E-state index contributed by atoms with van der Waals surface area (Å²) in [5.41, 5.74) is 0. The number of unbranched alkanes of at least 4 members (excludes halogenated alkanes) is 28. The monoisotopic (exact) mass is 1170 g/mol. The first-order chi connectivity index (χ1) is 41.3. The third-order valence-corrected chi connectivity index (χ3v) is 15.5. The Morgan fingerprint density at radius 2 is 0.750 bits per heavy atom. The Labute approximate surface area is 515 Å². The molecule has 480 valence electrons. The number of carbonyl (C=O) groups excluding carboxylic acids is 1. The highest BCUT2D eigenvalue weighted by molar-refractivity contribution is 5.76. The second-order valence-corrected chi connectivity index (χ2v) is 23.2. The van der Waals surface area contributed by atoms with Crippen molar-refractivity contribution in [2.45, 2.75) is 320 Å². The Bertz CT molecular complexity index is 1790. The summed E-state index contributed by atoms with van der Waals surface area (Å²) in [5, 5.41) is 54.7. The molecule has 0 aromatic heterocycles. The lowest BCUT2D eigenvalue weighted by molar-refractivity contribution is -0.302. The predicted molar refractivity (Wildman–Crippen MR) is 359 cm³/mol. The number of rotatable bonds is 58. The molecule has 9 nitrogen and oxygen atoms in total. The van der Waals surface area contributed by atoms with Crippen LogP contribution in [-0.2, 0) is 14.3 Å². The van der Waals surface area contributed by atoms with E-state index in [4.69, 9.17) is 9.47 Å². The van der Waals surface area contributed by atoms with Crippen LogP contribution in [0.4, 0.5) is 0 Å². The van der Waals surface area contributed by atoms with Gasteiger partial charge in [0.25, 0.3) is 0 Å². The Kier molecular flexibility index (Phi) is 58.2. The number of nitrogens with one attached hydrogen (secondary N) is 1. The average Bonchev–Trinajstić information content (AvgIpc) is 3.70. The van der Waals surface area contributed by atoms with Crippen LogP contribution in [0, 0.1) is 0 Å². The molecule has 7 unspecified atom stereocenters. The van der Waals surface area contributed by atoms with Gasteiger partial charge in [-0.25, -0.2) is 0 Å². The van der Waals surface area contributed by atoms with E-state index in [1.54, 1.807) is 6.08 Å². The minimum Gasteiger partial charge on any atom is -0.394 e. The Morgan fingerprint density at radius 1 is 0.417 bits per heavy atom. The quantitative estimate of drug-likeness (QED) is 0.0261. The fourth-order valence-electron chi connectivity index (χ4n) is 10.1. The van der Waals surface area contributed by atoms with E-state index in [9.17, 15) is 30.3 Å². The third kappa shape index (κ3) is 50.5. The van der Waals surface area contributed by atoms with Crippen molar-refractivity contribution in [1.82, 2.24) is 5.32 Å². The molecule has 0 saturated carbocycles. The third-order valence-electron chi connectivity index (χ3n) is 15.5. The van der Waals surface area contributed by atoms with Crippen LogP contribution in [0.3, 0.4) is 0 Å². The van der Waals surface area contributed by atoms with Gasteiger partial charge in [-0.2, -0.15) is 0 Å². The van der Waals surface area contributed by atoms with Crippen LogP contribution < -0.4 is 5.32 Å². The van der Waals surface area contributed by atoms with Gasteiger partial charge in [0.05, 0.1) is 25.4 Å². The molecule has 1 fully saturated rings. The highest BCUT2D eigenvalue weighted by atomic mass is 16.7. The van der Waals surface area contributed by atoms with E-state index in [1.165, 1.54) is 141 Å². The molecule has 0 aliphatic carbocycles. The van der Waals surface area contributed by atoms with Crippen LogP contribution in [0.2, 0.25) is 0 Å². The summed E-state index contributed by atoms with van der Waals surface area (Å²) in [5.74, 6) is -0.209. The lowest BCUT2D eigenvalue weighted by Crippen LogP contribution is -2.60. The second-order valence-electron chi connectivity index (χ2n) is 23.2. The molecule has 9 heteroatoms. The molecule has 1 saturated heterocycles. The summed E-state index contributed by atoms with van der Waals surface area (Å²) in [6.07, 6.45) is 88.3. The number of ether oxygens (including phenoxy) is 2. The van der Waals surface area contributed by atoms with Gasteiger partial charge in [0, 0.05) is 6.42 Å². The number of aliphatic hydroxyl groups excluding tert-OH is 5. The zero-order valence-corrected chi connectivity index (χ0v) is 53.6. The van der Waals surface area contributed by atoms with Crippen molar-refractivity contribution >= 4 is 5.91 Å².